The van der Waals surface area contributed by atoms with Gasteiger partial charge in [0.2, 0.25) is 5.91 Å². The Kier molecular flexibility index (Phi) is 5.81. The average Bonchev–Trinajstić information content (AvgIpc) is 2.34. The molecule has 1 heterocycles. The lowest BCUT2D eigenvalue weighted by Gasteiger charge is -2.38. The molecule has 2 aliphatic rings. The highest BCUT2D eigenvalue weighted by atomic mass is 16.1. The van der Waals surface area contributed by atoms with Crippen LogP contribution in [0.1, 0.15) is 25.7 Å². The van der Waals surface area contributed by atoms with Crippen molar-refractivity contribution < 1.29 is 4.79 Å². The third-order valence-corrected chi connectivity index (χ3v) is 4.79. The van der Waals surface area contributed by atoms with Crippen LogP contribution in [0.2, 0.25) is 0 Å². The van der Waals surface area contributed by atoms with Crippen LogP contribution in [0.25, 0.3) is 0 Å². The third kappa shape index (κ3) is 4.43. The molecule has 1 aliphatic carbocycles. The fraction of sp³-hybridized carbons (Fsp3) is 0.933. The van der Waals surface area contributed by atoms with E-state index in [9.17, 15) is 4.79 Å². The minimum Gasteiger partial charge on any atom is -0.355 e. The number of nitrogens with zero attached hydrogens (tertiary/aromatic N) is 2. The Morgan fingerprint density at radius 1 is 1.20 bits per heavy atom. The van der Waals surface area contributed by atoms with E-state index in [4.69, 9.17) is 0 Å². The predicted molar refractivity (Wildman–Crippen MR) is 81.7 cm³/mol. The second-order valence-corrected chi connectivity index (χ2v) is 6.61. The number of hydrogen-bond acceptors (Lipinski definition) is 4. The maximum atomic E-state index is 11.9. The Labute approximate surface area is 123 Å². The smallest absolute Gasteiger partial charge is 0.223 e. The number of hydrogen-bond donors (Lipinski definition) is 2. The zero-order valence-electron chi connectivity index (χ0n) is 13.2. The molecular formula is C15H30N4O. The van der Waals surface area contributed by atoms with Gasteiger partial charge in [-0.15, -0.1) is 0 Å². The number of carbonyl (C=O) groups is 1. The molecule has 1 saturated carbocycles. The van der Waals surface area contributed by atoms with Gasteiger partial charge in [0, 0.05) is 31.1 Å². The molecule has 2 rings (SSSR count). The van der Waals surface area contributed by atoms with Crippen molar-refractivity contribution in [3.63, 3.8) is 0 Å². The molecule has 1 saturated heterocycles. The quantitative estimate of drug-likeness (QED) is 0.680. The summed E-state index contributed by atoms with van der Waals surface area (Å²) >= 11 is 0. The minimum atomic E-state index is 0.241. The van der Waals surface area contributed by atoms with Crippen molar-refractivity contribution in [3.05, 3.63) is 0 Å². The first-order valence-electron chi connectivity index (χ1n) is 7.92. The van der Waals surface area contributed by atoms with E-state index in [2.05, 4.69) is 41.6 Å². The summed E-state index contributed by atoms with van der Waals surface area (Å²) in [6.07, 6.45) is 4.47. The fourth-order valence-electron chi connectivity index (χ4n) is 3.04. The average molecular weight is 282 g/mol. The topological polar surface area (TPSA) is 47.6 Å². The van der Waals surface area contributed by atoms with Crippen LogP contribution >= 0.6 is 0 Å². The van der Waals surface area contributed by atoms with Crippen LogP contribution in [-0.2, 0) is 4.79 Å². The van der Waals surface area contributed by atoms with Crippen molar-refractivity contribution in [3.8, 4) is 0 Å². The van der Waals surface area contributed by atoms with Crippen molar-refractivity contribution in [1.29, 1.82) is 0 Å². The summed E-state index contributed by atoms with van der Waals surface area (Å²) < 4.78 is 0. The zero-order chi connectivity index (χ0) is 14.5. The van der Waals surface area contributed by atoms with Gasteiger partial charge in [-0.25, -0.2) is 0 Å². The summed E-state index contributed by atoms with van der Waals surface area (Å²) in [7, 11) is 6.35. The molecule has 0 aromatic carbocycles. The lowest BCUT2D eigenvalue weighted by Crippen LogP contribution is -2.48. The van der Waals surface area contributed by atoms with Crippen molar-refractivity contribution >= 4 is 5.91 Å². The molecule has 116 valence electrons. The van der Waals surface area contributed by atoms with E-state index in [1.807, 2.05) is 0 Å². The molecule has 0 aromatic heterocycles. The van der Waals surface area contributed by atoms with E-state index in [0.29, 0.717) is 12.1 Å². The monoisotopic (exact) mass is 282 g/mol. The van der Waals surface area contributed by atoms with E-state index in [0.717, 1.165) is 25.9 Å². The molecule has 0 atom stereocenters. The second-order valence-electron chi connectivity index (χ2n) is 6.61. The summed E-state index contributed by atoms with van der Waals surface area (Å²) in [6, 6.07) is 1.23. The van der Waals surface area contributed by atoms with Gasteiger partial charge >= 0.3 is 0 Å². The zero-order valence-corrected chi connectivity index (χ0v) is 13.2. The van der Waals surface area contributed by atoms with E-state index in [1.165, 1.54) is 25.9 Å². The van der Waals surface area contributed by atoms with E-state index < -0.39 is 0 Å². The summed E-state index contributed by atoms with van der Waals surface area (Å²) in [6.45, 7) is 4.01. The summed E-state index contributed by atoms with van der Waals surface area (Å²) in [5.41, 5.74) is 0. The first-order valence-corrected chi connectivity index (χ1v) is 7.92. The lowest BCUT2D eigenvalue weighted by atomic mass is 9.79. The normalized spacial score (nSPS) is 28.4. The predicted octanol–water partition coefficient (Wildman–Crippen LogP) is 0.127. The molecule has 2 N–H and O–H groups in total. The maximum absolute atomic E-state index is 11.9. The van der Waals surface area contributed by atoms with Crippen LogP contribution < -0.4 is 10.6 Å². The van der Waals surface area contributed by atoms with Gasteiger partial charge in [-0.2, -0.15) is 0 Å². The Morgan fingerprint density at radius 3 is 2.45 bits per heavy atom. The van der Waals surface area contributed by atoms with E-state index in [1.54, 1.807) is 0 Å². The highest BCUT2D eigenvalue weighted by Crippen LogP contribution is 2.30. The van der Waals surface area contributed by atoms with Gasteiger partial charge in [-0.05, 0) is 59.9 Å². The molecule has 0 unspecified atom stereocenters. The molecule has 0 bridgehead atoms. The first kappa shape index (κ1) is 15.7. The molecule has 0 spiro atoms. The maximum Gasteiger partial charge on any atom is 0.223 e. The Hall–Kier alpha value is -0.650. The number of amides is 1. The standard InChI is InChI=1S/C15H30N4O/c1-18(2)14-10-12(11-14)15(20)17-7-6-16-13-4-8-19(3)9-5-13/h12-14,16H,4-11H2,1-3H3,(H,17,20). The number of carbonyl (C=O) groups excluding carboxylic acids is 1. The molecule has 2 fully saturated rings. The second kappa shape index (κ2) is 7.38. The largest absolute Gasteiger partial charge is 0.355 e. The number of piperidine rings is 1. The Balaban J connectivity index is 1.50. The molecule has 0 radical (unpaired) electrons. The van der Waals surface area contributed by atoms with Crippen LogP contribution in [0.4, 0.5) is 0 Å². The van der Waals surface area contributed by atoms with Crippen LogP contribution in [0, 0.1) is 5.92 Å². The van der Waals surface area contributed by atoms with Crippen molar-refractivity contribution in [2.24, 2.45) is 5.92 Å². The van der Waals surface area contributed by atoms with Crippen LogP contribution in [-0.4, -0.2) is 75.1 Å². The molecule has 20 heavy (non-hydrogen) atoms. The van der Waals surface area contributed by atoms with Crippen molar-refractivity contribution in [1.82, 2.24) is 20.4 Å². The Bertz CT molecular complexity index is 307. The summed E-state index contributed by atoms with van der Waals surface area (Å²) in [5.74, 6) is 0.485. The molecule has 0 aromatic rings. The van der Waals surface area contributed by atoms with Crippen LogP contribution in [0.15, 0.2) is 0 Å². The molecule has 1 aliphatic heterocycles. The van der Waals surface area contributed by atoms with Gasteiger partial charge < -0.3 is 20.4 Å². The minimum absolute atomic E-state index is 0.241. The number of rotatable bonds is 6. The summed E-state index contributed by atoms with van der Waals surface area (Å²) in [5, 5.41) is 6.61. The first-order chi connectivity index (χ1) is 9.56. The van der Waals surface area contributed by atoms with Crippen molar-refractivity contribution in [2.75, 3.05) is 47.3 Å². The number of likely N-dealkylation sites (tertiary alicyclic amines) is 1. The van der Waals surface area contributed by atoms with Gasteiger partial charge in [-0.1, -0.05) is 0 Å². The van der Waals surface area contributed by atoms with Crippen molar-refractivity contribution in [2.45, 2.75) is 37.8 Å². The Morgan fingerprint density at radius 2 is 1.85 bits per heavy atom. The van der Waals surface area contributed by atoms with Gasteiger partial charge in [-0.3, -0.25) is 4.79 Å². The van der Waals surface area contributed by atoms with E-state index >= 15 is 0 Å². The SMILES string of the molecule is CN1CCC(NCCNC(=O)C2CC(N(C)C)C2)CC1. The van der Waals surface area contributed by atoms with Crippen LogP contribution in [0.5, 0.6) is 0 Å². The third-order valence-electron chi connectivity index (χ3n) is 4.79. The van der Waals surface area contributed by atoms with Gasteiger partial charge in [0.15, 0.2) is 0 Å². The van der Waals surface area contributed by atoms with Crippen LogP contribution in [0.3, 0.4) is 0 Å². The lowest BCUT2D eigenvalue weighted by molar-refractivity contribution is -0.129. The molecule has 1 amide bonds. The van der Waals surface area contributed by atoms with Gasteiger partial charge in [0.1, 0.15) is 0 Å². The highest BCUT2D eigenvalue weighted by molar-refractivity contribution is 5.79. The highest BCUT2D eigenvalue weighted by Gasteiger charge is 2.35. The summed E-state index contributed by atoms with van der Waals surface area (Å²) in [4.78, 5) is 16.5. The fourth-order valence-corrected chi connectivity index (χ4v) is 3.04. The number of nitrogens with one attached hydrogen (secondary N) is 2. The molecule has 5 nitrogen and oxygen atoms in total. The molecule has 5 heteroatoms. The van der Waals surface area contributed by atoms with Gasteiger partial charge in [0.25, 0.3) is 0 Å². The molecular weight excluding hydrogens is 252 g/mol. The van der Waals surface area contributed by atoms with Gasteiger partial charge in [0.05, 0.1) is 0 Å². The van der Waals surface area contributed by atoms with E-state index in [-0.39, 0.29) is 11.8 Å².